The molecule has 5 heteroatoms. The van der Waals surface area contributed by atoms with Gasteiger partial charge in [-0.3, -0.25) is 4.79 Å². The van der Waals surface area contributed by atoms with Gasteiger partial charge in [-0.2, -0.15) is 0 Å². The molecule has 0 bridgehead atoms. The second-order valence-electron chi connectivity index (χ2n) is 6.20. The first-order valence-electron chi connectivity index (χ1n) is 6.52. The highest BCUT2D eigenvalue weighted by atomic mass is 16.4. The predicted octanol–water partition coefficient (Wildman–Crippen LogP) is 1.12. The van der Waals surface area contributed by atoms with Gasteiger partial charge in [-0.25, -0.2) is 4.79 Å². The van der Waals surface area contributed by atoms with Crippen LogP contribution in [0.5, 0.6) is 0 Å². The van der Waals surface area contributed by atoms with Crippen molar-refractivity contribution < 1.29 is 14.7 Å². The summed E-state index contributed by atoms with van der Waals surface area (Å²) in [6.07, 6.45) is 3.63. The highest BCUT2D eigenvalue weighted by molar-refractivity contribution is 5.85. The highest BCUT2D eigenvalue weighted by Crippen LogP contribution is 2.25. The summed E-state index contributed by atoms with van der Waals surface area (Å²) in [6, 6.07) is -1.02. The van der Waals surface area contributed by atoms with Crippen molar-refractivity contribution in [3.63, 3.8) is 0 Å². The van der Waals surface area contributed by atoms with E-state index in [1.807, 2.05) is 0 Å². The van der Waals surface area contributed by atoms with Gasteiger partial charge in [0.2, 0.25) is 5.91 Å². The molecule has 1 rings (SSSR count). The van der Waals surface area contributed by atoms with Gasteiger partial charge in [0.1, 0.15) is 6.04 Å². The van der Waals surface area contributed by atoms with E-state index in [4.69, 9.17) is 5.73 Å². The van der Waals surface area contributed by atoms with Crippen molar-refractivity contribution in [2.24, 2.45) is 17.1 Å². The van der Waals surface area contributed by atoms with Crippen LogP contribution in [-0.4, -0.2) is 29.1 Å². The van der Waals surface area contributed by atoms with E-state index < -0.39 is 17.4 Å². The van der Waals surface area contributed by atoms with Gasteiger partial charge in [0, 0.05) is 6.04 Å². The molecule has 1 fully saturated rings. The first-order valence-corrected chi connectivity index (χ1v) is 6.52. The van der Waals surface area contributed by atoms with E-state index in [0.717, 1.165) is 25.7 Å². The van der Waals surface area contributed by atoms with Gasteiger partial charge in [0.25, 0.3) is 0 Å². The Balaban J connectivity index is 2.69. The summed E-state index contributed by atoms with van der Waals surface area (Å²) in [7, 11) is 0. The Morgan fingerprint density at radius 3 is 2.28 bits per heavy atom. The summed E-state index contributed by atoms with van der Waals surface area (Å²) < 4.78 is 0. The number of rotatable bonds is 3. The van der Waals surface area contributed by atoms with Crippen molar-refractivity contribution in [1.29, 1.82) is 0 Å². The summed E-state index contributed by atoms with van der Waals surface area (Å²) in [4.78, 5) is 23.3. The van der Waals surface area contributed by atoms with E-state index >= 15 is 0 Å². The predicted molar refractivity (Wildman–Crippen MR) is 69.0 cm³/mol. The minimum absolute atomic E-state index is 0.145. The van der Waals surface area contributed by atoms with Gasteiger partial charge in [-0.15, -0.1) is 0 Å². The Bertz CT molecular complexity index is 323. The Morgan fingerprint density at radius 1 is 1.28 bits per heavy atom. The van der Waals surface area contributed by atoms with Crippen molar-refractivity contribution in [3.8, 4) is 0 Å². The first kappa shape index (κ1) is 15.0. The van der Waals surface area contributed by atoms with Crippen LogP contribution in [0.3, 0.4) is 0 Å². The largest absolute Gasteiger partial charge is 0.480 e. The van der Waals surface area contributed by atoms with E-state index in [1.165, 1.54) is 0 Å². The number of nitrogens with one attached hydrogen (secondary N) is 1. The maximum absolute atomic E-state index is 12.1. The Hall–Kier alpha value is -1.10. The zero-order valence-electron chi connectivity index (χ0n) is 11.4. The molecule has 1 aliphatic carbocycles. The fourth-order valence-corrected chi connectivity index (χ4v) is 2.38. The number of amides is 1. The lowest BCUT2D eigenvalue weighted by Gasteiger charge is -2.32. The fourth-order valence-electron chi connectivity index (χ4n) is 2.38. The van der Waals surface area contributed by atoms with Gasteiger partial charge in [0.05, 0.1) is 5.92 Å². The lowest BCUT2D eigenvalue weighted by molar-refractivity contribution is -0.146. The maximum Gasteiger partial charge on any atom is 0.326 e. The fraction of sp³-hybridized carbons (Fsp3) is 0.846. The number of nitrogens with two attached hydrogens (primary N) is 1. The normalized spacial score (nSPS) is 26.4. The van der Waals surface area contributed by atoms with Crippen molar-refractivity contribution in [1.82, 2.24) is 5.32 Å². The maximum atomic E-state index is 12.1. The first-order chi connectivity index (χ1) is 8.23. The van der Waals surface area contributed by atoms with Crippen molar-refractivity contribution in [2.45, 2.75) is 58.5 Å². The number of hydrogen-bond donors (Lipinski definition) is 3. The zero-order chi connectivity index (χ0) is 13.9. The molecular weight excluding hydrogens is 232 g/mol. The molecule has 4 N–H and O–H groups in total. The molecule has 0 radical (unpaired) electrons. The lowest BCUT2D eigenvalue weighted by atomic mass is 9.82. The number of carbonyl (C=O) groups is 2. The van der Waals surface area contributed by atoms with Crippen LogP contribution in [0.25, 0.3) is 0 Å². The Labute approximate surface area is 108 Å². The van der Waals surface area contributed by atoms with Gasteiger partial charge >= 0.3 is 5.97 Å². The molecule has 2 unspecified atom stereocenters. The van der Waals surface area contributed by atoms with E-state index in [0.29, 0.717) is 0 Å². The van der Waals surface area contributed by atoms with E-state index in [9.17, 15) is 14.7 Å². The van der Waals surface area contributed by atoms with Gasteiger partial charge in [0.15, 0.2) is 0 Å². The number of aliphatic carboxylic acids is 1. The van der Waals surface area contributed by atoms with Crippen LogP contribution in [0, 0.1) is 11.3 Å². The summed E-state index contributed by atoms with van der Waals surface area (Å²) in [5, 5.41) is 11.8. The molecule has 18 heavy (non-hydrogen) atoms. The minimum Gasteiger partial charge on any atom is -0.480 e. The molecule has 0 aromatic rings. The topological polar surface area (TPSA) is 92.4 Å². The standard InChI is InChI=1S/C13H24N2O3/c1-13(2,3)10(12(17)18)15-11(16)8-6-4-5-7-9(8)14/h8-10H,4-7,14H2,1-3H3,(H,15,16)(H,17,18)/t8?,9?,10-/m1/s1. The third-order valence-electron chi connectivity index (χ3n) is 3.56. The van der Waals surface area contributed by atoms with E-state index in [-0.39, 0.29) is 17.9 Å². The monoisotopic (exact) mass is 256 g/mol. The van der Waals surface area contributed by atoms with Crippen LogP contribution in [0.2, 0.25) is 0 Å². The molecule has 1 saturated carbocycles. The minimum atomic E-state index is -1.000. The summed E-state index contributed by atoms with van der Waals surface area (Å²) >= 11 is 0. The zero-order valence-corrected chi connectivity index (χ0v) is 11.4. The molecule has 0 aliphatic heterocycles. The van der Waals surface area contributed by atoms with Crippen molar-refractivity contribution in [2.75, 3.05) is 0 Å². The van der Waals surface area contributed by atoms with Crippen molar-refractivity contribution >= 4 is 11.9 Å². The van der Waals surface area contributed by atoms with Crippen LogP contribution < -0.4 is 11.1 Å². The molecular formula is C13H24N2O3. The van der Waals surface area contributed by atoms with Gasteiger partial charge in [-0.1, -0.05) is 33.6 Å². The van der Waals surface area contributed by atoms with Crippen molar-refractivity contribution in [3.05, 3.63) is 0 Å². The van der Waals surface area contributed by atoms with Crippen LogP contribution in [0.4, 0.5) is 0 Å². The SMILES string of the molecule is CC(C)(C)[C@H](NC(=O)C1CCCCC1N)C(=O)O. The highest BCUT2D eigenvalue weighted by Gasteiger charge is 2.36. The third-order valence-corrected chi connectivity index (χ3v) is 3.56. The van der Waals surface area contributed by atoms with Crippen LogP contribution in [0.15, 0.2) is 0 Å². The Kier molecular flexibility index (Phi) is 4.73. The summed E-state index contributed by atoms with van der Waals surface area (Å²) in [6.45, 7) is 5.40. The third kappa shape index (κ3) is 3.70. The smallest absolute Gasteiger partial charge is 0.326 e. The quantitative estimate of drug-likeness (QED) is 0.705. The number of carboxylic acid groups (broad SMARTS) is 1. The van der Waals surface area contributed by atoms with Gasteiger partial charge < -0.3 is 16.2 Å². The molecule has 104 valence electrons. The molecule has 0 heterocycles. The number of carboxylic acids is 1. The number of carbonyl (C=O) groups excluding carboxylic acids is 1. The summed E-state index contributed by atoms with van der Waals surface area (Å²) in [5.74, 6) is -1.47. The summed E-state index contributed by atoms with van der Waals surface area (Å²) in [5.41, 5.74) is 5.42. The molecule has 1 amide bonds. The molecule has 1 aliphatic rings. The second kappa shape index (κ2) is 5.69. The van der Waals surface area contributed by atoms with Crippen LogP contribution >= 0.6 is 0 Å². The molecule has 0 aromatic heterocycles. The molecule has 3 atom stereocenters. The molecule has 0 aromatic carbocycles. The van der Waals surface area contributed by atoms with Crippen LogP contribution in [-0.2, 0) is 9.59 Å². The Morgan fingerprint density at radius 2 is 1.83 bits per heavy atom. The van der Waals surface area contributed by atoms with Gasteiger partial charge in [-0.05, 0) is 18.3 Å². The average Bonchev–Trinajstić information content (AvgIpc) is 2.24. The lowest BCUT2D eigenvalue weighted by Crippen LogP contribution is -2.53. The second-order valence-corrected chi connectivity index (χ2v) is 6.20. The van der Waals surface area contributed by atoms with E-state index in [1.54, 1.807) is 20.8 Å². The molecule has 5 nitrogen and oxygen atoms in total. The average molecular weight is 256 g/mol. The van der Waals surface area contributed by atoms with Crippen LogP contribution in [0.1, 0.15) is 46.5 Å². The van der Waals surface area contributed by atoms with E-state index in [2.05, 4.69) is 5.32 Å². The molecule has 0 saturated heterocycles. The molecule has 0 spiro atoms. The number of hydrogen-bond acceptors (Lipinski definition) is 3.